The number of aromatic amines is 1. The van der Waals surface area contributed by atoms with Crippen molar-refractivity contribution in [2.75, 3.05) is 43.4 Å². The number of H-pyrrole nitrogens is 1. The Morgan fingerprint density at radius 2 is 1.78 bits per heavy atom. The molecule has 1 aromatic carbocycles. The van der Waals surface area contributed by atoms with E-state index in [0.29, 0.717) is 29.1 Å². The van der Waals surface area contributed by atoms with E-state index < -0.39 is 11.6 Å². The Bertz CT molecular complexity index is 1440. The second-order valence-corrected chi connectivity index (χ2v) is 9.68. The van der Waals surface area contributed by atoms with Crippen molar-refractivity contribution in [2.24, 2.45) is 7.05 Å². The molecular weight excluding hydrogens is 466 g/mol. The number of hydrogen-bond donors (Lipinski definition) is 2. The topological polar surface area (TPSA) is 87.1 Å². The summed E-state index contributed by atoms with van der Waals surface area (Å²) in [5.74, 6) is 0.779. The lowest BCUT2D eigenvalue weighted by atomic mass is 10.2. The van der Waals surface area contributed by atoms with Crippen molar-refractivity contribution in [3.8, 4) is 11.8 Å². The smallest absolute Gasteiger partial charge is 0.326 e. The number of benzene rings is 1. The van der Waals surface area contributed by atoms with Gasteiger partial charge >= 0.3 is 6.01 Å². The normalized spacial score (nSPS) is 16.6. The number of nitrogens with zero attached hydrogens (tertiary/aromatic N) is 6. The van der Waals surface area contributed by atoms with Crippen LogP contribution in [0, 0.1) is 18.6 Å². The standard InChI is InChI=1S/C25H28F2N8O/c1-14-10-16-23(27)19(11-17(26)24(16)28-14)36-25-30-20(13-22(31-25)35-8-6-33(2)7-9-35)29-21-12-18(15-4-5-15)34(3)32-21/h10-13,15,28H,4-9H2,1-3H3,(H,29,30,31,32). The number of piperazine rings is 1. The molecular formula is C25H28F2N8O. The van der Waals surface area contributed by atoms with Crippen molar-refractivity contribution in [1.82, 2.24) is 29.6 Å². The molecule has 36 heavy (non-hydrogen) atoms. The number of aryl methyl sites for hydroxylation is 2. The monoisotopic (exact) mass is 494 g/mol. The third kappa shape index (κ3) is 4.34. The van der Waals surface area contributed by atoms with Crippen LogP contribution >= 0.6 is 0 Å². The molecule has 6 rings (SSSR count). The van der Waals surface area contributed by atoms with Gasteiger partial charge in [-0.1, -0.05) is 0 Å². The minimum absolute atomic E-state index is 0.0721. The van der Waals surface area contributed by atoms with Gasteiger partial charge in [0.15, 0.2) is 23.2 Å². The van der Waals surface area contributed by atoms with E-state index in [1.54, 1.807) is 13.0 Å². The number of nitrogens with one attached hydrogen (secondary N) is 2. The highest BCUT2D eigenvalue weighted by atomic mass is 19.1. The van der Waals surface area contributed by atoms with Gasteiger partial charge < -0.3 is 24.8 Å². The average Bonchev–Trinajstić information content (AvgIpc) is 3.51. The first kappa shape index (κ1) is 22.7. The lowest BCUT2D eigenvalue weighted by Gasteiger charge is -2.33. The fourth-order valence-corrected chi connectivity index (χ4v) is 4.66. The molecule has 0 spiro atoms. The van der Waals surface area contributed by atoms with Crippen LogP contribution in [0.1, 0.15) is 30.1 Å². The molecule has 1 saturated heterocycles. The molecule has 4 heterocycles. The van der Waals surface area contributed by atoms with Crippen LogP contribution in [-0.2, 0) is 7.05 Å². The summed E-state index contributed by atoms with van der Waals surface area (Å²) in [6, 6.07) is 6.35. The summed E-state index contributed by atoms with van der Waals surface area (Å²) in [5, 5.41) is 7.94. The summed E-state index contributed by atoms with van der Waals surface area (Å²) in [4.78, 5) is 16.2. The summed E-state index contributed by atoms with van der Waals surface area (Å²) < 4.78 is 37.5. The zero-order chi connectivity index (χ0) is 25.0. The van der Waals surface area contributed by atoms with Crippen molar-refractivity contribution in [3.05, 3.63) is 47.3 Å². The zero-order valence-corrected chi connectivity index (χ0v) is 20.5. The van der Waals surface area contributed by atoms with Gasteiger partial charge in [-0.25, -0.2) is 8.78 Å². The van der Waals surface area contributed by atoms with E-state index in [0.717, 1.165) is 32.2 Å². The van der Waals surface area contributed by atoms with Gasteiger partial charge in [0.2, 0.25) is 0 Å². The van der Waals surface area contributed by atoms with Crippen molar-refractivity contribution in [2.45, 2.75) is 25.7 Å². The predicted molar refractivity (Wildman–Crippen MR) is 133 cm³/mol. The lowest BCUT2D eigenvalue weighted by molar-refractivity contribution is 0.311. The van der Waals surface area contributed by atoms with Crippen molar-refractivity contribution in [3.63, 3.8) is 0 Å². The van der Waals surface area contributed by atoms with Gasteiger partial charge in [0.1, 0.15) is 11.6 Å². The first-order chi connectivity index (χ1) is 17.3. The Labute approximate surface area is 207 Å². The maximum Gasteiger partial charge on any atom is 0.326 e. The Kier molecular flexibility index (Phi) is 5.51. The first-order valence-corrected chi connectivity index (χ1v) is 12.1. The molecule has 0 bridgehead atoms. The number of likely N-dealkylation sites (N-methyl/N-ethyl adjacent to an activating group) is 1. The molecule has 0 unspecified atom stereocenters. The van der Waals surface area contributed by atoms with Crippen LogP contribution in [0.15, 0.2) is 24.3 Å². The van der Waals surface area contributed by atoms with E-state index in [1.165, 1.54) is 18.5 Å². The summed E-state index contributed by atoms with van der Waals surface area (Å²) >= 11 is 0. The maximum absolute atomic E-state index is 15.2. The molecule has 0 amide bonds. The first-order valence-electron chi connectivity index (χ1n) is 12.1. The Morgan fingerprint density at radius 1 is 1.00 bits per heavy atom. The third-order valence-corrected chi connectivity index (χ3v) is 6.79. The number of fused-ring (bicyclic) bond motifs is 1. The molecule has 2 aliphatic rings. The second-order valence-electron chi connectivity index (χ2n) is 9.68. The molecule has 2 fully saturated rings. The van der Waals surface area contributed by atoms with Crippen LogP contribution in [0.5, 0.6) is 11.8 Å². The Morgan fingerprint density at radius 3 is 2.53 bits per heavy atom. The van der Waals surface area contributed by atoms with Crippen molar-refractivity contribution >= 4 is 28.4 Å². The summed E-state index contributed by atoms with van der Waals surface area (Å²) in [7, 11) is 4.01. The predicted octanol–water partition coefficient (Wildman–Crippen LogP) is 4.44. The lowest BCUT2D eigenvalue weighted by Crippen LogP contribution is -2.44. The van der Waals surface area contributed by atoms with E-state index in [-0.39, 0.29) is 22.7 Å². The van der Waals surface area contributed by atoms with Gasteiger partial charge in [0.25, 0.3) is 0 Å². The quantitative estimate of drug-likeness (QED) is 0.410. The zero-order valence-electron chi connectivity index (χ0n) is 20.5. The fourth-order valence-electron chi connectivity index (χ4n) is 4.66. The van der Waals surface area contributed by atoms with Gasteiger partial charge in [-0.15, -0.1) is 0 Å². The van der Waals surface area contributed by atoms with Crippen LogP contribution in [0.4, 0.5) is 26.2 Å². The van der Waals surface area contributed by atoms with Crippen LogP contribution < -0.4 is 15.0 Å². The van der Waals surface area contributed by atoms with Gasteiger partial charge in [0, 0.05) is 74.1 Å². The highest BCUT2D eigenvalue weighted by Gasteiger charge is 2.27. The average molecular weight is 495 g/mol. The van der Waals surface area contributed by atoms with Crippen LogP contribution in [-0.4, -0.2) is 62.9 Å². The number of rotatable bonds is 6. The van der Waals surface area contributed by atoms with Gasteiger partial charge in [-0.05, 0) is 32.9 Å². The molecule has 1 aliphatic heterocycles. The second kappa shape index (κ2) is 8.74. The van der Waals surface area contributed by atoms with Crippen molar-refractivity contribution < 1.29 is 13.5 Å². The molecule has 4 aromatic rings. The van der Waals surface area contributed by atoms with Gasteiger partial charge in [-0.3, -0.25) is 4.68 Å². The Balaban J connectivity index is 1.35. The SMILES string of the molecule is Cc1cc2c(F)c(Oc3nc(Nc4cc(C5CC5)n(C)n4)cc(N4CCN(C)CC4)n3)cc(F)c2[nH]1. The largest absolute Gasteiger partial charge is 0.421 e. The molecule has 1 aliphatic carbocycles. The Hall–Kier alpha value is -3.73. The van der Waals surface area contributed by atoms with E-state index in [9.17, 15) is 4.39 Å². The summed E-state index contributed by atoms with van der Waals surface area (Å²) in [5.41, 5.74) is 1.93. The molecule has 1 saturated carbocycles. The summed E-state index contributed by atoms with van der Waals surface area (Å²) in [6.07, 6.45) is 2.34. The molecule has 0 radical (unpaired) electrons. The summed E-state index contributed by atoms with van der Waals surface area (Å²) in [6.45, 7) is 5.07. The molecule has 188 valence electrons. The van der Waals surface area contributed by atoms with E-state index in [4.69, 9.17) is 4.74 Å². The molecule has 9 nitrogen and oxygen atoms in total. The molecule has 2 N–H and O–H groups in total. The highest BCUT2D eigenvalue weighted by molar-refractivity contribution is 5.83. The van der Waals surface area contributed by atoms with Crippen molar-refractivity contribution in [1.29, 1.82) is 0 Å². The van der Waals surface area contributed by atoms with Crippen LogP contribution in [0.25, 0.3) is 10.9 Å². The molecule has 3 aromatic heterocycles. The highest BCUT2D eigenvalue weighted by Crippen LogP contribution is 2.41. The minimum Gasteiger partial charge on any atom is -0.421 e. The molecule has 11 heteroatoms. The molecule has 0 atom stereocenters. The van der Waals surface area contributed by atoms with Crippen LogP contribution in [0.2, 0.25) is 0 Å². The van der Waals surface area contributed by atoms with E-state index >= 15 is 4.39 Å². The number of halogens is 2. The van der Waals surface area contributed by atoms with E-state index in [1.807, 2.05) is 23.9 Å². The number of anilines is 3. The van der Waals surface area contributed by atoms with Crippen LogP contribution in [0.3, 0.4) is 0 Å². The minimum atomic E-state index is -0.669. The van der Waals surface area contributed by atoms with Gasteiger partial charge in [0.05, 0.1) is 5.52 Å². The third-order valence-electron chi connectivity index (χ3n) is 6.79. The van der Waals surface area contributed by atoms with E-state index in [2.05, 4.69) is 42.2 Å². The van der Waals surface area contributed by atoms with Gasteiger partial charge in [-0.2, -0.15) is 15.1 Å². The fraction of sp³-hybridized carbons (Fsp3) is 0.400. The maximum atomic E-state index is 15.2. The number of aromatic nitrogens is 5. The number of hydrogen-bond acceptors (Lipinski definition) is 7. The number of ether oxygens (including phenoxy) is 1.